The van der Waals surface area contributed by atoms with E-state index in [1.807, 2.05) is 19.1 Å². The van der Waals surface area contributed by atoms with Gasteiger partial charge in [-0.15, -0.1) is 0 Å². The fraction of sp³-hybridized carbons (Fsp3) is 0.852. The van der Waals surface area contributed by atoms with Gasteiger partial charge in [0.05, 0.1) is 10.8 Å². The van der Waals surface area contributed by atoms with Gasteiger partial charge < -0.3 is 10.2 Å². The molecule has 0 amide bonds. The maximum atomic E-state index is 12.2. The maximum absolute atomic E-state index is 12.2. The predicted octanol–water partition coefficient (Wildman–Crippen LogP) is 8.01. The Labute approximate surface area is 190 Å². The third-order valence-corrected chi connectivity index (χ3v) is 7.57. The molecule has 0 aromatic carbocycles. The summed E-state index contributed by atoms with van der Waals surface area (Å²) < 4.78 is 0. The summed E-state index contributed by atoms with van der Waals surface area (Å²) in [6.07, 6.45) is 21.4. The van der Waals surface area contributed by atoms with Crippen LogP contribution >= 0.6 is 0 Å². The third-order valence-electron chi connectivity index (χ3n) is 7.57. The minimum absolute atomic E-state index is 0.322. The van der Waals surface area contributed by atoms with E-state index in [1.54, 1.807) is 0 Å². The maximum Gasteiger partial charge on any atom is 0.311 e. The number of allylic oxidation sites excluding steroid dienone is 2. The number of carboxylic acid groups (broad SMARTS) is 2. The molecular weight excluding hydrogens is 388 g/mol. The Morgan fingerprint density at radius 1 is 0.710 bits per heavy atom. The first kappa shape index (κ1) is 27.7. The summed E-state index contributed by atoms with van der Waals surface area (Å²) in [5.41, 5.74) is -2.35. The number of carboxylic acids is 2. The Bertz CT molecular complexity index is 553. The van der Waals surface area contributed by atoms with Crippen LogP contribution in [-0.2, 0) is 9.59 Å². The van der Waals surface area contributed by atoms with E-state index in [0.29, 0.717) is 25.7 Å². The fourth-order valence-corrected chi connectivity index (χ4v) is 5.37. The van der Waals surface area contributed by atoms with Crippen LogP contribution in [0.3, 0.4) is 0 Å². The molecule has 31 heavy (non-hydrogen) atoms. The van der Waals surface area contributed by atoms with Crippen molar-refractivity contribution in [1.29, 1.82) is 0 Å². The van der Waals surface area contributed by atoms with Gasteiger partial charge in [0.2, 0.25) is 0 Å². The van der Waals surface area contributed by atoms with Crippen LogP contribution in [-0.4, -0.2) is 22.2 Å². The van der Waals surface area contributed by atoms with E-state index in [-0.39, 0.29) is 0 Å². The van der Waals surface area contributed by atoms with Gasteiger partial charge in [0.15, 0.2) is 0 Å². The minimum Gasteiger partial charge on any atom is -0.481 e. The van der Waals surface area contributed by atoms with E-state index in [4.69, 9.17) is 0 Å². The van der Waals surface area contributed by atoms with E-state index in [2.05, 4.69) is 13.8 Å². The van der Waals surface area contributed by atoms with E-state index in [1.165, 1.54) is 64.2 Å². The molecule has 2 unspecified atom stereocenters. The molecule has 0 aromatic heterocycles. The predicted molar refractivity (Wildman–Crippen MR) is 128 cm³/mol. The number of unbranched alkanes of at least 4 members (excludes halogenated alkanes) is 11. The molecule has 0 fully saturated rings. The fourth-order valence-electron chi connectivity index (χ4n) is 5.37. The first-order chi connectivity index (χ1) is 14.8. The molecule has 4 heteroatoms. The van der Waals surface area contributed by atoms with Crippen molar-refractivity contribution in [2.24, 2.45) is 16.7 Å². The van der Waals surface area contributed by atoms with E-state index in [0.717, 1.165) is 25.2 Å². The molecule has 2 atom stereocenters. The number of carbonyl (C=O) groups is 2. The molecule has 0 spiro atoms. The highest BCUT2D eigenvalue weighted by Crippen LogP contribution is 2.54. The number of rotatable bonds is 18. The van der Waals surface area contributed by atoms with Crippen molar-refractivity contribution in [3.05, 3.63) is 12.2 Å². The molecule has 1 aliphatic carbocycles. The Balaban J connectivity index is 2.21. The SMILES string of the molecule is CCC1(C(=O)O)CC=CCC1(CCCCCCCCCCCCCCC(C)C)C(=O)O. The van der Waals surface area contributed by atoms with Crippen molar-refractivity contribution in [3.8, 4) is 0 Å². The number of aliphatic carboxylic acids is 2. The van der Waals surface area contributed by atoms with Crippen LogP contribution < -0.4 is 0 Å². The molecule has 1 rings (SSSR count). The van der Waals surface area contributed by atoms with Crippen molar-refractivity contribution in [3.63, 3.8) is 0 Å². The standard InChI is InChI=1S/C27H48O4/c1-4-26(24(28)29)20-17-18-22-27(26,25(30)31)21-16-14-12-10-8-6-5-7-9-11-13-15-19-23(2)3/h17-18,23H,4-16,19-22H2,1-3H3,(H,28,29)(H,30,31). The third kappa shape index (κ3) is 8.27. The lowest BCUT2D eigenvalue weighted by Gasteiger charge is -2.46. The van der Waals surface area contributed by atoms with E-state index < -0.39 is 22.8 Å². The summed E-state index contributed by atoms with van der Waals surface area (Å²) in [5.74, 6) is -1.06. The summed E-state index contributed by atoms with van der Waals surface area (Å²) >= 11 is 0. The molecule has 2 N–H and O–H groups in total. The van der Waals surface area contributed by atoms with Crippen molar-refractivity contribution < 1.29 is 19.8 Å². The van der Waals surface area contributed by atoms with Gasteiger partial charge in [0.1, 0.15) is 0 Å². The quantitative estimate of drug-likeness (QED) is 0.168. The van der Waals surface area contributed by atoms with Gasteiger partial charge >= 0.3 is 11.9 Å². The molecule has 0 radical (unpaired) electrons. The van der Waals surface area contributed by atoms with Gasteiger partial charge in [-0.05, 0) is 31.6 Å². The van der Waals surface area contributed by atoms with Gasteiger partial charge in [-0.1, -0.05) is 116 Å². The normalized spacial score (nSPS) is 23.4. The van der Waals surface area contributed by atoms with Crippen LogP contribution in [0.4, 0.5) is 0 Å². The van der Waals surface area contributed by atoms with Crippen LogP contribution in [0.15, 0.2) is 12.2 Å². The molecule has 0 saturated carbocycles. The average Bonchev–Trinajstić information content (AvgIpc) is 2.73. The van der Waals surface area contributed by atoms with Crippen molar-refractivity contribution >= 4 is 11.9 Å². The lowest BCUT2D eigenvalue weighted by atomic mass is 9.54. The van der Waals surface area contributed by atoms with Crippen LogP contribution in [0, 0.1) is 16.7 Å². The van der Waals surface area contributed by atoms with Gasteiger partial charge in [-0.2, -0.15) is 0 Å². The zero-order valence-electron chi connectivity index (χ0n) is 20.5. The molecule has 0 aliphatic heterocycles. The first-order valence-corrected chi connectivity index (χ1v) is 12.9. The Morgan fingerprint density at radius 3 is 1.48 bits per heavy atom. The first-order valence-electron chi connectivity index (χ1n) is 12.9. The van der Waals surface area contributed by atoms with Gasteiger partial charge in [0, 0.05) is 0 Å². The molecule has 180 valence electrons. The van der Waals surface area contributed by atoms with Gasteiger partial charge in [-0.25, -0.2) is 0 Å². The number of hydrogen-bond acceptors (Lipinski definition) is 2. The number of hydrogen-bond donors (Lipinski definition) is 2. The monoisotopic (exact) mass is 436 g/mol. The molecule has 4 nitrogen and oxygen atoms in total. The summed E-state index contributed by atoms with van der Waals surface area (Å²) in [5, 5.41) is 19.9. The van der Waals surface area contributed by atoms with Crippen LogP contribution in [0.1, 0.15) is 130 Å². The highest BCUT2D eigenvalue weighted by atomic mass is 16.4. The summed E-state index contributed by atoms with van der Waals surface area (Å²) in [6.45, 7) is 6.41. The molecular formula is C27H48O4. The van der Waals surface area contributed by atoms with Gasteiger partial charge in [0.25, 0.3) is 0 Å². The Hall–Kier alpha value is -1.32. The highest BCUT2D eigenvalue weighted by Gasteiger charge is 2.59. The largest absolute Gasteiger partial charge is 0.481 e. The van der Waals surface area contributed by atoms with E-state index in [9.17, 15) is 19.8 Å². The Morgan fingerprint density at radius 2 is 1.10 bits per heavy atom. The smallest absolute Gasteiger partial charge is 0.311 e. The second kappa shape index (κ2) is 14.7. The molecule has 0 heterocycles. The molecule has 0 bridgehead atoms. The second-order valence-corrected chi connectivity index (χ2v) is 10.2. The summed E-state index contributed by atoms with van der Waals surface area (Å²) in [6, 6.07) is 0. The topological polar surface area (TPSA) is 74.6 Å². The van der Waals surface area contributed by atoms with Crippen molar-refractivity contribution in [2.75, 3.05) is 0 Å². The van der Waals surface area contributed by atoms with E-state index >= 15 is 0 Å². The lowest BCUT2D eigenvalue weighted by molar-refractivity contribution is -0.176. The molecule has 1 aliphatic rings. The van der Waals surface area contributed by atoms with Crippen LogP contribution in [0.25, 0.3) is 0 Å². The minimum atomic E-state index is -1.18. The average molecular weight is 437 g/mol. The summed E-state index contributed by atoms with van der Waals surface area (Å²) in [4.78, 5) is 24.3. The zero-order valence-corrected chi connectivity index (χ0v) is 20.5. The van der Waals surface area contributed by atoms with Gasteiger partial charge in [-0.3, -0.25) is 9.59 Å². The second-order valence-electron chi connectivity index (χ2n) is 10.2. The highest BCUT2D eigenvalue weighted by molar-refractivity contribution is 5.87. The molecule has 0 saturated heterocycles. The summed E-state index contributed by atoms with van der Waals surface area (Å²) in [7, 11) is 0. The lowest BCUT2D eigenvalue weighted by Crippen LogP contribution is -2.53. The van der Waals surface area contributed by atoms with Crippen molar-refractivity contribution in [1.82, 2.24) is 0 Å². The van der Waals surface area contributed by atoms with Crippen LogP contribution in [0.5, 0.6) is 0 Å². The van der Waals surface area contributed by atoms with Crippen LogP contribution in [0.2, 0.25) is 0 Å². The Kier molecular flexibility index (Phi) is 13.1. The van der Waals surface area contributed by atoms with Crippen molar-refractivity contribution in [2.45, 2.75) is 130 Å². The zero-order chi connectivity index (χ0) is 23.2. The molecule has 0 aromatic rings.